The van der Waals surface area contributed by atoms with Gasteiger partial charge < -0.3 is 4.90 Å². The maximum absolute atomic E-state index is 6.12. The minimum atomic E-state index is 0.455. The van der Waals surface area contributed by atoms with Crippen molar-refractivity contribution in [2.24, 2.45) is 5.92 Å². The maximum Gasteiger partial charge on any atom is 0.187 e. The molecule has 2 nitrogen and oxygen atoms in total. The van der Waals surface area contributed by atoms with Crippen LogP contribution in [0.15, 0.2) is 0 Å². The van der Waals surface area contributed by atoms with E-state index in [0.29, 0.717) is 23.0 Å². The number of nitrogens with zero attached hydrogens (tertiary/aromatic N) is 2. The van der Waals surface area contributed by atoms with Crippen LogP contribution in [0, 0.1) is 5.92 Å². The first-order valence-electron chi connectivity index (χ1n) is 6.59. The molecular formula is C13H20Cl2N2S. The predicted molar refractivity (Wildman–Crippen MR) is 81.1 cm³/mol. The second-order valence-corrected chi connectivity index (χ2v) is 7.02. The molecule has 18 heavy (non-hydrogen) atoms. The van der Waals surface area contributed by atoms with Gasteiger partial charge in [0.05, 0.1) is 10.8 Å². The molecule has 1 heterocycles. The van der Waals surface area contributed by atoms with Crippen molar-refractivity contribution in [3.8, 4) is 0 Å². The largest absolute Gasteiger partial charge is 0.345 e. The fourth-order valence-corrected chi connectivity index (χ4v) is 4.07. The Morgan fingerprint density at radius 1 is 1.39 bits per heavy atom. The first-order valence-corrected chi connectivity index (χ1v) is 8.32. The van der Waals surface area contributed by atoms with Gasteiger partial charge in [0.2, 0.25) is 0 Å². The van der Waals surface area contributed by atoms with E-state index in [1.807, 2.05) is 0 Å². The van der Waals surface area contributed by atoms with Gasteiger partial charge in [0.1, 0.15) is 5.15 Å². The summed E-state index contributed by atoms with van der Waals surface area (Å²) < 4.78 is 0. The molecule has 1 aromatic heterocycles. The van der Waals surface area contributed by atoms with Crippen LogP contribution in [-0.2, 0) is 5.88 Å². The van der Waals surface area contributed by atoms with Crippen molar-refractivity contribution >= 4 is 39.7 Å². The Morgan fingerprint density at radius 2 is 2.06 bits per heavy atom. The molecule has 1 aromatic rings. The summed E-state index contributed by atoms with van der Waals surface area (Å²) in [6, 6.07) is 0.637. The lowest BCUT2D eigenvalue weighted by Crippen LogP contribution is -2.36. The van der Waals surface area contributed by atoms with Gasteiger partial charge in [-0.15, -0.1) is 11.6 Å². The lowest BCUT2D eigenvalue weighted by Gasteiger charge is -2.30. The molecule has 0 spiro atoms. The molecule has 0 bridgehead atoms. The van der Waals surface area contributed by atoms with Crippen LogP contribution in [0.1, 0.15) is 44.4 Å². The van der Waals surface area contributed by atoms with Crippen LogP contribution >= 0.6 is 34.5 Å². The SMILES string of the molecule is CC(C)CN(c1nc(Cl)c(CCl)s1)C1CCCC1. The molecule has 0 unspecified atom stereocenters. The number of aromatic nitrogens is 1. The van der Waals surface area contributed by atoms with Crippen molar-refractivity contribution in [3.05, 3.63) is 10.0 Å². The Bertz CT molecular complexity index is 386. The number of rotatable bonds is 5. The van der Waals surface area contributed by atoms with Crippen molar-refractivity contribution in [3.63, 3.8) is 0 Å². The van der Waals surface area contributed by atoms with Crippen LogP contribution < -0.4 is 4.90 Å². The monoisotopic (exact) mass is 306 g/mol. The van der Waals surface area contributed by atoms with Gasteiger partial charge in [-0.1, -0.05) is 49.6 Å². The highest BCUT2D eigenvalue weighted by molar-refractivity contribution is 7.16. The molecule has 0 N–H and O–H groups in total. The van der Waals surface area contributed by atoms with E-state index in [9.17, 15) is 0 Å². The summed E-state index contributed by atoms with van der Waals surface area (Å²) in [4.78, 5) is 7.94. The minimum Gasteiger partial charge on any atom is -0.345 e. The summed E-state index contributed by atoms with van der Waals surface area (Å²) in [6.07, 6.45) is 5.22. The first kappa shape index (κ1) is 14.4. The number of hydrogen-bond donors (Lipinski definition) is 0. The van der Waals surface area contributed by atoms with E-state index in [-0.39, 0.29) is 0 Å². The Kier molecular flexibility index (Phi) is 5.16. The average Bonchev–Trinajstić information content (AvgIpc) is 2.94. The van der Waals surface area contributed by atoms with Gasteiger partial charge in [0.15, 0.2) is 5.13 Å². The molecule has 5 heteroatoms. The Labute approximate surface area is 123 Å². The topological polar surface area (TPSA) is 16.1 Å². The smallest absolute Gasteiger partial charge is 0.187 e. The van der Waals surface area contributed by atoms with Gasteiger partial charge in [-0.3, -0.25) is 0 Å². The first-order chi connectivity index (χ1) is 8.61. The van der Waals surface area contributed by atoms with E-state index in [1.54, 1.807) is 11.3 Å². The zero-order valence-electron chi connectivity index (χ0n) is 11.0. The lowest BCUT2D eigenvalue weighted by molar-refractivity contribution is 0.535. The summed E-state index contributed by atoms with van der Waals surface area (Å²) >= 11 is 13.7. The fraction of sp³-hybridized carbons (Fsp3) is 0.769. The predicted octanol–water partition coefficient (Wildman–Crippen LogP) is 4.94. The highest BCUT2D eigenvalue weighted by Crippen LogP contribution is 2.35. The highest BCUT2D eigenvalue weighted by atomic mass is 35.5. The van der Waals surface area contributed by atoms with E-state index < -0.39 is 0 Å². The molecular weight excluding hydrogens is 287 g/mol. The third kappa shape index (κ3) is 3.31. The van der Waals surface area contributed by atoms with Crippen molar-refractivity contribution in [1.29, 1.82) is 0 Å². The molecule has 1 aliphatic rings. The van der Waals surface area contributed by atoms with Crippen LogP contribution in [-0.4, -0.2) is 17.6 Å². The normalized spacial score (nSPS) is 16.7. The van der Waals surface area contributed by atoms with Crippen LogP contribution in [0.3, 0.4) is 0 Å². The number of thiazole rings is 1. The average molecular weight is 307 g/mol. The van der Waals surface area contributed by atoms with Crippen molar-refractivity contribution in [1.82, 2.24) is 4.98 Å². The maximum atomic E-state index is 6.12. The summed E-state index contributed by atoms with van der Waals surface area (Å²) in [5.41, 5.74) is 0. The van der Waals surface area contributed by atoms with Crippen molar-refractivity contribution < 1.29 is 0 Å². The highest BCUT2D eigenvalue weighted by Gasteiger charge is 2.26. The number of hydrogen-bond acceptors (Lipinski definition) is 3. The van der Waals surface area contributed by atoms with E-state index in [2.05, 4.69) is 23.7 Å². The van der Waals surface area contributed by atoms with Gasteiger partial charge >= 0.3 is 0 Å². The van der Waals surface area contributed by atoms with Gasteiger partial charge in [-0.25, -0.2) is 4.98 Å². The number of halogens is 2. The Balaban J connectivity index is 2.20. The minimum absolute atomic E-state index is 0.455. The summed E-state index contributed by atoms with van der Waals surface area (Å²) in [7, 11) is 0. The molecule has 102 valence electrons. The second kappa shape index (κ2) is 6.44. The van der Waals surface area contributed by atoms with Crippen LogP contribution in [0.5, 0.6) is 0 Å². The standard InChI is InChI=1S/C13H20Cl2N2S/c1-9(2)8-17(10-5-3-4-6-10)13-16-12(15)11(7-14)18-13/h9-10H,3-8H2,1-2H3. The molecule has 0 atom stereocenters. The molecule has 1 fully saturated rings. The van der Waals surface area contributed by atoms with Crippen LogP contribution in [0.4, 0.5) is 5.13 Å². The van der Waals surface area contributed by atoms with Gasteiger partial charge in [0, 0.05) is 12.6 Å². The molecule has 0 radical (unpaired) electrons. The molecule has 0 saturated heterocycles. The summed E-state index contributed by atoms with van der Waals surface area (Å²) in [5, 5.41) is 1.63. The zero-order chi connectivity index (χ0) is 13.1. The Morgan fingerprint density at radius 3 is 2.56 bits per heavy atom. The molecule has 1 saturated carbocycles. The van der Waals surface area contributed by atoms with Crippen LogP contribution in [0.2, 0.25) is 5.15 Å². The molecule has 1 aliphatic carbocycles. The third-order valence-corrected chi connectivity index (χ3v) is 5.28. The lowest BCUT2D eigenvalue weighted by atomic mass is 10.1. The Hall–Kier alpha value is 0.01000. The number of anilines is 1. The van der Waals surface area contributed by atoms with E-state index >= 15 is 0 Å². The second-order valence-electron chi connectivity index (χ2n) is 5.33. The van der Waals surface area contributed by atoms with Crippen molar-refractivity contribution in [2.75, 3.05) is 11.4 Å². The summed E-state index contributed by atoms with van der Waals surface area (Å²) in [5.74, 6) is 1.09. The molecule has 0 amide bonds. The quantitative estimate of drug-likeness (QED) is 0.716. The van der Waals surface area contributed by atoms with Gasteiger partial charge in [-0.05, 0) is 18.8 Å². The van der Waals surface area contributed by atoms with E-state index in [4.69, 9.17) is 23.2 Å². The molecule has 2 rings (SSSR count). The summed E-state index contributed by atoms with van der Waals surface area (Å²) in [6.45, 7) is 5.55. The zero-order valence-corrected chi connectivity index (χ0v) is 13.3. The van der Waals surface area contributed by atoms with Crippen LogP contribution in [0.25, 0.3) is 0 Å². The van der Waals surface area contributed by atoms with Gasteiger partial charge in [0.25, 0.3) is 0 Å². The molecule has 0 aliphatic heterocycles. The third-order valence-electron chi connectivity index (χ3n) is 3.33. The van der Waals surface area contributed by atoms with E-state index in [1.165, 1.54) is 25.7 Å². The van der Waals surface area contributed by atoms with E-state index in [0.717, 1.165) is 16.6 Å². The number of alkyl halides is 1. The fourth-order valence-electron chi connectivity index (χ4n) is 2.52. The molecule has 0 aromatic carbocycles. The van der Waals surface area contributed by atoms with Crippen molar-refractivity contribution in [2.45, 2.75) is 51.5 Å². The van der Waals surface area contributed by atoms with Gasteiger partial charge in [-0.2, -0.15) is 0 Å².